The Labute approximate surface area is 160 Å². The number of hydrogen-bond donors (Lipinski definition) is 0. The standard InChI is InChI=1S/C23H24N2O2/c1-3-5-6-15-22(26)24-23(27-4-2)25-16-18-11-7-9-13-20(18)21-14-10-8-12-19(21)17-25/h3,5-15H,4,16-17H2,1-2H3/b5-3+,15-6+,24-23?. The third-order valence-electron chi connectivity index (χ3n) is 4.34. The van der Waals surface area contributed by atoms with E-state index in [0.717, 1.165) is 0 Å². The summed E-state index contributed by atoms with van der Waals surface area (Å²) in [6, 6.07) is 17.0. The van der Waals surface area contributed by atoms with Crippen LogP contribution in [0.4, 0.5) is 0 Å². The molecule has 4 heteroatoms. The molecule has 0 bridgehead atoms. The van der Waals surface area contributed by atoms with Crippen LogP contribution >= 0.6 is 0 Å². The molecule has 3 rings (SSSR count). The lowest BCUT2D eigenvalue weighted by atomic mass is 9.97. The summed E-state index contributed by atoms with van der Waals surface area (Å²) in [6.45, 7) is 5.51. The molecule has 4 nitrogen and oxygen atoms in total. The van der Waals surface area contributed by atoms with Crippen LogP contribution < -0.4 is 0 Å². The van der Waals surface area contributed by atoms with E-state index in [1.54, 1.807) is 12.2 Å². The number of aliphatic imine (C=N–C) groups is 1. The van der Waals surface area contributed by atoms with Gasteiger partial charge in [0.1, 0.15) is 0 Å². The third kappa shape index (κ3) is 4.53. The summed E-state index contributed by atoms with van der Waals surface area (Å²) in [5.74, 6) is -0.331. The molecule has 0 aliphatic carbocycles. The number of amidine groups is 1. The number of carbonyl (C=O) groups excluding carboxylic acids is 1. The lowest BCUT2D eigenvalue weighted by Gasteiger charge is -2.24. The summed E-state index contributed by atoms with van der Waals surface area (Å²) in [4.78, 5) is 18.4. The van der Waals surface area contributed by atoms with Gasteiger partial charge in [0.05, 0.1) is 6.61 Å². The number of rotatable bonds is 3. The molecule has 0 aromatic heterocycles. The molecule has 138 valence electrons. The highest BCUT2D eigenvalue weighted by atomic mass is 16.5. The molecular weight excluding hydrogens is 336 g/mol. The van der Waals surface area contributed by atoms with Crippen LogP contribution in [-0.4, -0.2) is 23.4 Å². The summed E-state index contributed by atoms with van der Waals surface area (Å²) in [5.41, 5.74) is 4.80. The quantitative estimate of drug-likeness (QED) is 0.344. The molecule has 1 amide bonds. The van der Waals surface area contributed by atoms with Crippen molar-refractivity contribution in [3.63, 3.8) is 0 Å². The third-order valence-corrected chi connectivity index (χ3v) is 4.34. The predicted molar refractivity (Wildman–Crippen MR) is 109 cm³/mol. The number of fused-ring (bicyclic) bond motifs is 3. The van der Waals surface area contributed by atoms with Crippen molar-refractivity contribution in [1.82, 2.24) is 4.90 Å². The van der Waals surface area contributed by atoms with Gasteiger partial charge in [-0.3, -0.25) is 4.79 Å². The first-order valence-electron chi connectivity index (χ1n) is 9.19. The van der Waals surface area contributed by atoms with Gasteiger partial charge in [-0.05, 0) is 36.1 Å². The Morgan fingerprint density at radius 2 is 1.63 bits per heavy atom. The molecular formula is C23H24N2O2. The van der Waals surface area contributed by atoms with Crippen LogP contribution in [0.3, 0.4) is 0 Å². The van der Waals surface area contributed by atoms with Crippen molar-refractivity contribution in [3.05, 3.63) is 84.0 Å². The van der Waals surface area contributed by atoms with E-state index in [-0.39, 0.29) is 5.91 Å². The second-order valence-corrected chi connectivity index (χ2v) is 6.22. The minimum Gasteiger partial charge on any atom is -0.465 e. The lowest BCUT2D eigenvalue weighted by Crippen LogP contribution is -2.32. The molecule has 0 saturated carbocycles. The minimum absolute atomic E-state index is 0.331. The molecule has 2 aromatic carbocycles. The zero-order chi connectivity index (χ0) is 19.1. The topological polar surface area (TPSA) is 41.9 Å². The van der Waals surface area contributed by atoms with Crippen LogP contribution in [0.2, 0.25) is 0 Å². The predicted octanol–water partition coefficient (Wildman–Crippen LogP) is 4.72. The molecule has 0 saturated heterocycles. The second-order valence-electron chi connectivity index (χ2n) is 6.22. The molecule has 0 fully saturated rings. The largest absolute Gasteiger partial charge is 0.465 e. The van der Waals surface area contributed by atoms with Crippen molar-refractivity contribution >= 4 is 11.9 Å². The van der Waals surface area contributed by atoms with E-state index >= 15 is 0 Å². The van der Waals surface area contributed by atoms with Crippen molar-refractivity contribution in [1.29, 1.82) is 0 Å². The van der Waals surface area contributed by atoms with Crippen LogP contribution in [0.1, 0.15) is 25.0 Å². The Morgan fingerprint density at radius 3 is 2.19 bits per heavy atom. The average Bonchev–Trinajstić information content (AvgIpc) is 2.85. The molecule has 1 aliphatic heterocycles. The number of hydrogen-bond acceptors (Lipinski definition) is 2. The number of carbonyl (C=O) groups is 1. The molecule has 1 heterocycles. The van der Waals surface area contributed by atoms with Crippen molar-refractivity contribution in [2.75, 3.05) is 6.61 Å². The van der Waals surface area contributed by atoms with Crippen molar-refractivity contribution in [2.45, 2.75) is 26.9 Å². The van der Waals surface area contributed by atoms with Gasteiger partial charge in [-0.2, -0.15) is 4.99 Å². The van der Waals surface area contributed by atoms with Gasteiger partial charge in [0, 0.05) is 19.2 Å². The normalized spacial score (nSPS) is 14.1. The Balaban J connectivity index is 1.98. The smallest absolute Gasteiger partial charge is 0.296 e. The van der Waals surface area contributed by atoms with Crippen molar-refractivity contribution in [3.8, 4) is 11.1 Å². The number of nitrogens with zero attached hydrogens (tertiary/aromatic N) is 2. The zero-order valence-electron chi connectivity index (χ0n) is 15.8. The van der Waals surface area contributed by atoms with Gasteiger partial charge in [-0.25, -0.2) is 0 Å². The molecule has 0 spiro atoms. The molecule has 0 radical (unpaired) electrons. The highest BCUT2D eigenvalue weighted by Crippen LogP contribution is 2.32. The average molecular weight is 360 g/mol. The number of allylic oxidation sites excluding steroid dienone is 3. The van der Waals surface area contributed by atoms with Crippen molar-refractivity contribution in [2.24, 2.45) is 4.99 Å². The Bertz CT molecular complexity index is 849. The summed E-state index contributed by atoms with van der Waals surface area (Å²) >= 11 is 0. The SMILES string of the molecule is C/C=C/C=C/C(=O)N=C(OCC)N1Cc2ccccc2-c2ccccc2C1. The summed E-state index contributed by atoms with van der Waals surface area (Å²) in [5, 5.41) is 0. The highest BCUT2D eigenvalue weighted by molar-refractivity contribution is 5.97. The van der Waals surface area contributed by atoms with Gasteiger partial charge >= 0.3 is 0 Å². The van der Waals surface area contributed by atoms with E-state index in [1.807, 2.05) is 37.0 Å². The van der Waals surface area contributed by atoms with Gasteiger partial charge in [0.2, 0.25) is 0 Å². The summed E-state index contributed by atoms with van der Waals surface area (Å²) < 4.78 is 5.75. The monoisotopic (exact) mass is 360 g/mol. The minimum atomic E-state index is -0.331. The molecule has 27 heavy (non-hydrogen) atoms. The molecule has 0 N–H and O–H groups in total. The number of benzene rings is 2. The molecule has 0 unspecified atom stereocenters. The van der Waals surface area contributed by atoms with E-state index in [0.29, 0.717) is 25.7 Å². The molecule has 1 aliphatic rings. The van der Waals surface area contributed by atoms with E-state index in [9.17, 15) is 4.79 Å². The van der Waals surface area contributed by atoms with Crippen LogP contribution in [0, 0.1) is 0 Å². The van der Waals surface area contributed by atoms with Crippen LogP contribution in [0.5, 0.6) is 0 Å². The highest BCUT2D eigenvalue weighted by Gasteiger charge is 2.22. The van der Waals surface area contributed by atoms with E-state index < -0.39 is 0 Å². The van der Waals surface area contributed by atoms with Gasteiger partial charge in [0.25, 0.3) is 11.9 Å². The fraction of sp³-hybridized carbons (Fsp3) is 0.217. The first kappa shape index (κ1) is 18.6. The zero-order valence-corrected chi connectivity index (χ0v) is 15.8. The van der Waals surface area contributed by atoms with Gasteiger partial charge < -0.3 is 9.64 Å². The Hall–Kier alpha value is -3.14. The fourth-order valence-corrected chi connectivity index (χ4v) is 3.15. The first-order valence-corrected chi connectivity index (χ1v) is 9.19. The number of amides is 1. The van der Waals surface area contributed by atoms with Crippen LogP contribution in [0.15, 0.2) is 77.8 Å². The van der Waals surface area contributed by atoms with E-state index in [4.69, 9.17) is 4.74 Å². The van der Waals surface area contributed by atoms with Gasteiger partial charge in [-0.1, -0.05) is 66.8 Å². The Morgan fingerprint density at radius 1 is 1.04 bits per heavy atom. The maximum Gasteiger partial charge on any atom is 0.296 e. The Kier molecular flexibility index (Phi) is 6.21. The summed E-state index contributed by atoms with van der Waals surface area (Å²) in [6.07, 6.45) is 6.78. The van der Waals surface area contributed by atoms with E-state index in [1.165, 1.54) is 28.3 Å². The van der Waals surface area contributed by atoms with Crippen LogP contribution in [-0.2, 0) is 22.6 Å². The van der Waals surface area contributed by atoms with Gasteiger partial charge in [-0.15, -0.1) is 0 Å². The maximum atomic E-state index is 12.2. The molecule has 2 aromatic rings. The van der Waals surface area contributed by atoms with Gasteiger partial charge in [0.15, 0.2) is 0 Å². The first-order chi connectivity index (χ1) is 13.2. The van der Waals surface area contributed by atoms with Crippen molar-refractivity contribution < 1.29 is 9.53 Å². The summed E-state index contributed by atoms with van der Waals surface area (Å²) in [7, 11) is 0. The number of ether oxygens (including phenoxy) is 1. The second kappa shape index (κ2) is 8.99. The van der Waals surface area contributed by atoms with Crippen LogP contribution in [0.25, 0.3) is 11.1 Å². The lowest BCUT2D eigenvalue weighted by molar-refractivity contribution is -0.113. The molecule has 0 atom stereocenters. The fourth-order valence-electron chi connectivity index (χ4n) is 3.15. The van der Waals surface area contributed by atoms with E-state index in [2.05, 4.69) is 41.4 Å². The maximum absolute atomic E-state index is 12.2.